The summed E-state index contributed by atoms with van der Waals surface area (Å²) in [6.45, 7) is 1.25. The molecule has 0 aliphatic carbocycles. The molecule has 1 saturated heterocycles. The summed E-state index contributed by atoms with van der Waals surface area (Å²) in [4.78, 5) is 11.4. The first-order valence-electron chi connectivity index (χ1n) is 5.88. The summed E-state index contributed by atoms with van der Waals surface area (Å²) in [5.41, 5.74) is 0. The third-order valence-electron chi connectivity index (χ3n) is 2.70. The lowest BCUT2D eigenvalue weighted by Crippen LogP contribution is -2.37. The molecule has 1 fully saturated rings. The standard InChI is InChI=1S/C9H15N5O3S2/c15-9(12-8-7-11-13-18-8)10-3-6-19(16,17)14-4-1-2-5-14/h7H,1-6H2,(H2,10,12,15). The summed E-state index contributed by atoms with van der Waals surface area (Å²) in [5.74, 6) is -0.0820. The number of anilines is 1. The van der Waals surface area contributed by atoms with Crippen LogP contribution in [0.3, 0.4) is 0 Å². The summed E-state index contributed by atoms with van der Waals surface area (Å²) in [5, 5.41) is 9.09. The molecule has 0 bridgehead atoms. The lowest BCUT2D eigenvalue weighted by atomic mass is 10.4. The Morgan fingerprint density at radius 1 is 1.42 bits per heavy atom. The molecule has 8 nitrogen and oxygen atoms in total. The van der Waals surface area contributed by atoms with Crippen molar-refractivity contribution in [1.29, 1.82) is 0 Å². The second-order valence-electron chi connectivity index (χ2n) is 4.08. The third-order valence-corrected chi connectivity index (χ3v) is 5.15. The zero-order valence-corrected chi connectivity index (χ0v) is 11.8. The highest BCUT2D eigenvalue weighted by atomic mass is 32.2. The number of nitrogens with zero attached hydrogens (tertiary/aromatic N) is 3. The molecule has 106 valence electrons. The summed E-state index contributed by atoms with van der Waals surface area (Å²) in [6, 6.07) is -0.456. The molecule has 1 aliphatic heterocycles. The van der Waals surface area contributed by atoms with Crippen LogP contribution in [0.15, 0.2) is 6.20 Å². The highest BCUT2D eigenvalue weighted by molar-refractivity contribution is 7.89. The number of carbonyl (C=O) groups excluding carboxylic acids is 1. The fraction of sp³-hybridized carbons (Fsp3) is 0.667. The Morgan fingerprint density at radius 2 is 2.16 bits per heavy atom. The number of aromatic nitrogens is 2. The predicted octanol–water partition coefficient (Wildman–Crippen LogP) is 0.0852. The minimum absolute atomic E-state index is 0.0803. The molecule has 1 aliphatic rings. The lowest BCUT2D eigenvalue weighted by Gasteiger charge is -2.15. The maximum atomic E-state index is 11.9. The zero-order valence-electron chi connectivity index (χ0n) is 10.2. The minimum Gasteiger partial charge on any atom is -0.337 e. The number of sulfonamides is 1. The second kappa shape index (κ2) is 6.26. The van der Waals surface area contributed by atoms with Crippen LogP contribution in [-0.2, 0) is 10.0 Å². The van der Waals surface area contributed by atoms with Crippen molar-refractivity contribution in [3.63, 3.8) is 0 Å². The first-order valence-corrected chi connectivity index (χ1v) is 8.26. The number of urea groups is 1. The van der Waals surface area contributed by atoms with E-state index in [2.05, 4.69) is 20.2 Å². The summed E-state index contributed by atoms with van der Waals surface area (Å²) < 4.78 is 28.8. The van der Waals surface area contributed by atoms with Gasteiger partial charge in [0.1, 0.15) is 5.00 Å². The minimum atomic E-state index is -3.25. The molecule has 2 heterocycles. The number of rotatable bonds is 5. The summed E-state index contributed by atoms with van der Waals surface area (Å²) >= 11 is 1.05. The fourth-order valence-electron chi connectivity index (χ4n) is 1.77. The van der Waals surface area contributed by atoms with Crippen LogP contribution in [0.25, 0.3) is 0 Å². The van der Waals surface area contributed by atoms with E-state index in [1.807, 2.05) is 0 Å². The molecule has 0 aromatic carbocycles. The van der Waals surface area contributed by atoms with E-state index in [1.165, 1.54) is 10.5 Å². The van der Waals surface area contributed by atoms with Gasteiger partial charge in [0.05, 0.1) is 11.9 Å². The molecule has 2 rings (SSSR count). The van der Waals surface area contributed by atoms with Crippen molar-refractivity contribution in [1.82, 2.24) is 19.2 Å². The molecule has 2 N–H and O–H groups in total. The van der Waals surface area contributed by atoms with E-state index in [1.54, 1.807) is 0 Å². The van der Waals surface area contributed by atoms with Gasteiger partial charge in [0.2, 0.25) is 10.0 Å². The van der Waals surface area contributed by atoms with Gasteiger partial charge in [-0.2, -0.15) is 0 Å². The highest BCUT2D eigenvalue weighted by Crippen LogP contribution is 2.12. The molecule has 1 aromatic heterocycles. The summed E-state index contributed by atoms with van der Waals surface area (Å²) in [7, 11) is -3.25. The average molecular weight is 305 g/mol. The predicted molar refractivity (Wildman–Crippen MR) is 71.5 cm³/mol. The van der Waals surface area contributed by atoms with Crippen LogP contribution in [0.1, 0.15) is 12.8 Å². The molecule has 1 aromatic rings. The molecular formula is C9H15N5O3S2. The van der Waals surface area contributed by atoms with Gasteiger partial charge in [0.25, 0.3) is 0 Å². The van der Waals surface area contributed by atoms with Crippen LogP contribution in [-0.4, -0.2) is 53.7 Å². The van der Waals surface area contributed by atoms with Gasteiger partial charge in [-0.25, -0.2) is 17.5 Å². The van der Waals surface area contributed by atoms with E-state index in [9.17, 15) is 13.2 Å². The smallest absolute Gasteiger partial charge is 0.319 e. The molecule has 0 radical (unpaired) electrons. The van der Waals surface area contributed by atoms with Gasteiger partial charge < -0.3 is 5.32 Å². The molecule has 2 amide bonds. The molecule has 0 saturated carbocycles. The van der Waals surface area contributed by atoms with Gasteiger partial charge in [-0.3, -0.25) is 5.32 Å². The Kier molecular flexibility index (Phi) is 4.66. The highest BCUT2D eigenvalue weighted by Gasteiger charge is 2.24. The Balaban J connectivity index is 1.72. The maximum absolute atomic E-state index is 11.9. The Hall–Kier alpha value is -1.26. The molecule has 0 spiro atoms. The van der Waals surface area contributed by atoms with Crippen molar-refractivity contribution in [3.05, 3.63) is 6.20 Å². The lowest BCUT2D eigenvalue weighted by molar-refractivity contribution is 0.252. The maximum Gasteiger partial charge on any atom is 0.319 e. The Bertz CT molecular complexity index is 510. The number of amides is 2. The quantitative estimate of drug-likeness (QED) is 0.802. The number of carbonyl (C=O) groups is 1. The van der Waals surface area contributed by atoms with Crippen molar-refractivity contribution in [2.45, 2.75) is 12.8 Å². The van der Waals surface area contributed by atoms with Gasteiger partial charge in [-0.15, -0.1) is 5.10 Å². The van der Waals surface area contributed by atoms with E-state index in [0.29, 0.717) is 18.1 Å². The fourth-order valence-corrected chi connectivity index (χ4v) is 3.61. The van der Waals surface area contributed by atoms with E-state index >= 15 is 0 Å². The molecule has 0 atom stereocenters. The zero-order chi connectivity index (χ0) is 13.7. The van der Waals surface area contributed by atoms with Gasteiger partial charge >= 0.3 is 6.03 Å². The van der Waals surface area contributed by atoms with Crippen LogP contribution in [0, 0.1) is 0 Å². The summed E-state index contributed by atoms with van der Waals surface area (Å²) in [6.07, 6.45) is 3.24. The van der Waals surface area contributed by atoms with Crippen LogP contribution >= 0.6 is 11.5 Å². The average Bonchev–Trinajstić information content (AvgIpc) is 3.00. The molecular weight excluding hydrogens is 290 g/mol. The van der Waals surface area contributed by atoms with E-state index in [0.717, 1.165) is 24.4 Å². The first kappa shape index (κ1) is 14.2. The van der Waals surface area contributed by atoms with Crippen LogP contribution < -0.4 is 10.6 Å². The van der Waals surface area contributed by atoms with Crippen molar-refractivity contribution in [2.75, 3.05) is 30.7 Å². The second-order valence-corrected chi connectivity index (χ2v) is 6.96. The van der Waals surface area contributed by atoms with E-state index < -0.39 is 16.1 Å². The van der Waals surface area contributed by atoms with Crippen molar-refractivity contribution in [3.8, 4) is 0 Å². The van der Waals surface area contributed by atoms with Gasteiger partial charge in [-0.1, -0.05) is 4.49 Å². The van der Waals surface area contributed by atoms with Gasteiger partial charge in [0.15, 0.2) is 0 Å². The van der Waals surface area contributed by atoms with Crippen molar-refractivity contribution < 1.29 is 13.2 Å². The van der Waals surface area contributed by atoms with Crippen LogP contribution in [0.5, 0.6) is 0 Å². The normalized spacial score (nSPS) is 16.4. The Labute approximate surface area is 115 Å². The van der Waals surface area contributed by atoms with Crippen molar-refractivity contribution in [2.24, 2.45) is 0 Å². The van der Waals surface area contributed by atoms with E-state index in [4.69, 9.17) is 0 Å². The van der Waals surface area contributed by atoms with E-state index in [-0.39, 0.29) is 12.3 Å². The van der Waals surface area contributed by atoms with Gasteiger partial charge in [-0.05, 0) is 12.8 Å². The molecule has 0 unspecified atom stereocenters. The van der Waals surface area contributed by atoms with Crippen LogP contribution in [0.2, 0.25) is 0 Å². The first-order chi connectivity index (χ1) is 9.08. The SMILES string of the molecule is O=C(NCCS(=O)(=O)N1CCCC1)Nc1cnns1. The van der Waals surface area contributed by atoms with Crippen molar-refractivity contribution >= 4 is 32.6 Å². The third kappa shape index (κ3) is 4.11. The Morgan fingerprint density at radius 3 is 2.79 bits per heavy atom. The number of nitrogens with one attached hydrogen (secondary N) is 2. The molecule has 10 heteroatoms. The number of hydrogen-bond donors (Lipinski definition) is 2. The largest absolute Gasteiger partial charge is 0.337 e. The molecule has 19 heavy (non-hydrogen) atoms. The topological polar surface area (TPSA) is 104 Å². The van der Waals surface area contributed by atoms with Crippen LogP contribution in [0.4, 0.5) is 9.80 Å². The van der Waals surface area contributed by atoms with Gasteiger partial charge in [0, 0.05) is 31.2 Å². The monoisotopic (exact) mass is 305 g/mol. The number of hydrogen-bond acceptors (Lipinski definition) is 6.